The molecule has 0 aliphatic carbocycles. The Morgan fingerprint density at radius 3 is 2.09 bits per heavy atom. The highest BCUT2D eigenvalue weighted by Crippen LogP contribution is 2.23. The average Bonchev–Trinajstić information content (AvgIpc) is 2.48. The molecule has 3 N–H and O–H groups in total. The fraction of sp³-hybridized carbons (Fsp3) is 0.294. The van der Waals surface area contributed by atoms with Gasteiger partial charge >= 0.3 is 0 Å². The average molecular weight is 333 g/mol. The summed E-state index contributed by atoms with van der Waals surface area (Å²) < 4.78 is 27.8. The fourth-order valence-electron chi connectivity index (χ4n) is 2.71. The van der Waals surface area contributed by atoms with Crippen molar-refractivity contribution in [3.05, 3.63) is 60.2 Å². The van der Waals surface area contributed by atoms with Gasteiger partial charge in [-0.3, -0.25) is 0 Å². The molecule has 0 spiro atoms. The molecule has 0 saturated carbocycles. The van der Waals surface area contributed by atoms with Crippen LogP contribution in [0.4, 0.5) is 5.69 Å². The van der Waals surface area contributed by atoms with Crippen LogP contribution < -0.4 is 10.5 Å². The molecular weight excluding hydrogens is 310 g/mol. The lowest BCUT2D eigenvalue weighted by Gasteiger charge is -2.31. The summed E-state index contributed by atoms with van der Waals surface area (Å²) in [6.07, 6.45) is 0. The van der Waals surface area contributed by atoms with Crippen LogP contribution >= 0.6 is 0 Å². The Hall–Kier alpha value is -1.89. The minimum atomic E-state index is -3.60. The van der Waals surface area contributed by atoms with Crippen molar-refractivity contribution >= 4 is 15.7 Å². The number of nitrogens with two attached hydrogens (primary N) is 1. The van der Waals surface area contributed by atoms with E-state index in [1.165, 1.54) is 12.1 Å². The van der Waals surface area contributed by atoms with Crippen molar-refractivity contribution in [2.45, 2.75) is 23.9 Å². The van der Waals surface area contributed by atoms with Crippen LogP contribution in [-0.2, 0) is 10.0 Å². The zero-order valence-electron chi connectivity index (χ0n) is 13.6. The number of hydrogen-bond acceptors (Lipinski definition) is 4. The topological polar surface area (TPSA) is 75.4 Å². The molecule has 0 aliphatic rings. The molecule has 0 aliphatic heterocycles. The third-order valence-electron chi connectivity index (χ3n) is 3.70. The number of nitrogens with zero attached hydrogens (tertiary/aromatic N) is 1. The van der Waals surface area contributed by atoms with Crippen molar-refractivity contribution in [2.75, 3.05) is 19.8 Å². The van der Waals surface area contributed by atoms with E-state index in [-0.39, 0.29) is 17.0 Å². The van der Waals surface area contributed by atoms with Crippen molar-refractivity contribution in [3.8, 4) is 0 Å². The van der Waals surface area contributed by atoms with E-state index in [4.69, 9.17) is 5.73 Å². The SMILES string of the molecule is CC(NS(=O)(=O)c1ccc(N)cc1)C(c1ccccc1)N(C)C. The zero-order chi connectivity index (χ0) is 17.0. The molecule has 0 saturated heterocycles. The number of hydrogen-bond donors (Lipinski definition) is 2. The van der Waals surface area contributed by atoms with Gasteiger partial charge in [0.25, 0.3) is 0 Å². The van der Waals surface area contributed by atoms with Gasteiger partial charge in [-0.2, -0.15) is 0 Å². The Kier molecular flexibility index (Phi) is 5.41. The Morgan fingerprint density at radius 2 is 1.57 bits per heavy atom. The number of sulfonamides is 1. The number of anilines is 1. The first-order valence-electron chi connectivity index (χ1n) is 7.40. The van der Waals surface area contributed by atoms with Gasteiger partial charge in [0.1, 0.15) is 0 Å². The van der Waals surface area contributed by atoms with E-state index in [0.29, 0.717) is 5.69 Å². The third-order valence-corrected chi connectivity index (χ3v) is 5.28. The summed E-state index contributed by atoms with van der Waals surface area (Å²) in [6.45, 7) is 1.87. The Balaban J connectivity index is 2.24. The summed E-state index contributed by atoms with van der Waals surface area (Å²) in [5.74, 6) is 0. The van der Waals surface area contributed by atoms with Gasteiger partial charge in [0, 0.05) is 11.7 Å². The summed E-state index contributed by atoms with van der Waals surface area (Å²) >= 11 is 0. The van der Waals surface area contributed by atoms with Crippen LogP contribution in [0.1, 0.15) is 18.5 Å². The maximum atomic E-state index is 12.5. The molecule has 2 aromatic rings. The standard InChI is InChI=1S/C17H23N3O2S/c1-13(17(20(2)3)14-7-5-4-6-8-14)19-23(21,22)16-11-9-15(18)10-12-16/h4-13,17,19H,18H2,1-3H3. The smallest absolute Gasteiger partial charge is 0.240 e. The highest BCUT2D eigenvalue weighted by Gasteiger charge is 2.26. The lowest BCUT2D eigenvalue weighted by molar-refractivity contribution is 0.256. The highest BCUT2D eigenvalue weighted by molar-refractivity contribution is 7.89. The molecule has 23 heavy (non-hydrogen) atoms. The second-order valence-electron chi connectivity index (χ2n) is 5.80. The molecule has 2 unspecified atom stereocenters. The molecule has 0 amide bonds. The highest BCUT2D eigenvalue weighted by atomic mass is 32.2. The molecule has 0 bridgehead atoms. The molecule has 0 fully saturated rings. The Bertz CT molecular complexity index is 728. The molecular formula is C17H23N3O2S. The van der Waals surface area contributed by atoms with Crippen LogP contribution in [-0.4, -0.2) is 33.5 Å². The van der Waals surface area contributed by atoms with Crippen LogP contribution in [0.5, 0.6) is 0 Å². The summed E-state index contributed by atoms with van der Waals surface area (Å²) in [6, 6.07) is 15.7. The number of rotatable bonds is 6. The maximum absolute atomic E-state index is 12.5. The van der Waals surface area contributed by atoms with E-state index in [1.54, 1.807) is 12.1 Å². The summed E-state index contributed by atoms with van der Waals surface area (Å²) in [4.78, 5) is 2.22. The number of nitrogens with one attached hydrogen (secondary N) is 1. The van der Waals surface area contributed by atoms with E-state index in [9.17, 15) is 8.42 Å². The first kappa shape index (κ1) is 17.5. The quantitative estimate of drug-likeness (QED) is 0.795. The van der Waals surface area contributed by atoms with Crippen LogP contribution in [0.2, 0.25) is 0 Å². The molecule has 124 valence electrons. The van der Waals surface area contributed by atoms with Crippen molar-refractivity contribution in [1.29, 1.82) is 0 Å². The molecule has 6 heteroatoms. The van der Waals surface area contributed by atoms with Crippen molar-refractivity contribution < 1.29 is 8.42 Å². The number of nitrogen functional groups attached to an aromatic ring is 1. The second-order valence-corrected chi connectivity index (χ2v) is 7.51. The molecule has 2 rings (SSSR count). The molecule has 0 aromatic heterocycles. The van der Waals surface area contributed by atoms with E-state index in [2.05, 4.69) is 4.72 Å². The summed E-state index contributed by atoms with van der Waals surface area (Å²) in [5.41, 5.74) is 7.21. The normalized spacial score (nSPS) is 14.6. The molecule has 2 atom stereocenters. The number of benzene rings is 2. The van der Waals surface area contributed by atoms with Crippen LogP contribution in [0.3, 0.4) is 0 Å². The van der Waals surface area contributed by atoms with Crippen molar-refractivity contribution in [1.82, 2.24) is 9.62 Å². The van der Waals surface area contributed by atoms with E-state index in [0.717, 1.165) is 5.56 Å². The Morgan fingerprint density at radius 1 is 1.00 bits per heavy atom. The van der Waals surface area contributed by atoms with E-state index >= 15 is 0 Å². The lowest BCUT2D eigenvalue weighted by Crippen LogP contribution is -2.42. The molecule has 0 radical (unpaired) electrons. The van der Waals surface area contributed by atoms with E-state index < -0.39 is 10.0 Å². The second kappa shape index (κ2) is 7.12. The van der Waals surface area contributed by atoms with E-state index in [1.807, 2.05) is 56.3 Å². The van der Waals surface area contributed by atoms with Gasteiger partial charge in [-0.05, 0) is 50.8 Å². The maximum Gasteiger partial charge on any atom is 0.240 e. The molecule has 2 aromatic carbocycles. The van der Waals surface area contributed by atoms with Gasteiger partial charge < -0.3 is 10.6 Å². The first-order chi connectivity index (χ1) is 10.8. The fourth-order valence-corrected chi connectivity index (χ4v) is 3.96. The van der Waals surface area contributed by atoms with Gasteiger partial charge in [-0.25, -0.2) is 13.1 Å². The predicted octanol–water partition coefficient (Wildman–Crippen LogP) is 2.24. The van der Waals surface area contributed by atoms with Gasteiger partial charge in [0.15, 0.2) is 0 Å². The van der Waals surface area contributed by atoms with Crippen molar-refractivity contribution in [3.63, 3.8) is 0 Å². The van der Waals surface area contributed by atoms with Crippen molar-refractivity contribution in [2.24, 2.45) is 0 Å². The van der Waals surface area contributed by atoms with Gasteiger partial charge in [-0.1, -0.05) is 30.3 Å². The largest absolute Gasteiger partial charge is 0.399 e. The van der Waals surface area contributed by atoms with Gasteiger partial charge in [0.2, 0.25) is 10.0 Å². The first-order valence-corrected chi connectivity index (χ1v) is 8.89. The minimum Gasteiger partial charge on any atom is -0.399 e. The molecule has 5 nitrogen and oxygen atoms in total. The van der Waals surface area contributed by atoms with Crippen LogP contribution in [0, 0.1) is 0 Å². The molecule has 0 heterocycles. The monoisotopic (exact) mass is 333 g/mol. The van der Waals surface area contributed by atoms with Gasteiger partial charge in [0.05, 0.1) is 10.9 Å². The lowest BCUT2D eigenvalue weighted by atomic mass is 10.0. The summed E-state index contributed by atoms with van der Waals surface area (Å²) in [7, 11) is 0.277. The third kappa shape index (κ3) is 4.31. The Labute approximate surface area is 138 Å². The number of likely N-dealkylation sites (N-methyl/N-ethyl adjacent to an activating group) is 1. The zero-order valence-corrected chi connectivity index (χ0v) is 14.4. The predicted molar refractivity (Wildman–Crippen MR) is 93.5 cm³/mol. The summed E-state index contributed by atoms with van der Waals surface area (Å²) in [5, 5.41) is 0. The minimum absolute atomic E-state index is 0.0697. The van der Waals surface area contributed by atoms with Crippen LogP contribution in [0.15, 0.2) is 59.5 Å². The van der Waals surface area contributed by atoms with Crippen LogP contribution in [0.25, 0.3) is 0 Å². The van der Waals surface area contributed by atoms with Gasteiger partial charge in [-0.15, -0.1) is 0 Å².